The number of nitrogens with one attached hydrogen (secondary N) is 1. The summed E-state index contributed by atoms with van der Waals surface area (Å²) in [5.74, 6) is -1.86. The molecule has 3 rings (SSSR count). The molecule has 0 atom stereocenters. The van der Waals surface area contributed by atoms with Crippen LogP contribution in [0, 0.1) is 5.82 Å². The summed E-state index contributed by atoms with van der Waals surface area (Å²) in [7, 11) is 0. The molecule has 3 aromatic rings. The van der Waals surface area contributed by atoms with Gasteiger partial charge in [0.2, 0.25) is 5.95 Å². The fraction of sp³-hybridized carbons (Fsp3) is 0. The van der Waals surface area contributed by atoms with Gasteiger partial charge < -0.3 is 15.8 Å². The summed E-state index contributed by atoms with van der Waals surface area (Å²) in [6, 6.07) is 7.29. The van der Waals surface area contributed by atoms with Gasteiger partial charge in [0.05, 0.1) is 27.7 Å². The number of aromatic carboxylic acids is 1. The van der Waals surface area contributed by atoms with Gasteiger partial charge in [0, 0.05) is 11.8 Å². The second-order valence-electron chi connectivity index (χ2n) is 4.68. The van der Waals surface area contributed by atoms with Crippen molar-refractivity contribution in [2.75, 3.05) is 5.73 Å². The lowest BCUT2D eigenvalue weighted by Crippen LogP contribution is -1.98. The molecular weight excluding hydrogens is 323 g/mol. The van der Waals surface area contributed by atoms with E-state index in [1.807, 2.05) is 0 Å². The molecule has 0 aliphatic heterocycles. The Hall–Kier alpha value is -2.93. The zero-order valence-electron chi connectivity index (χ0n) is 11.5. The number of nitrogen functional groups attached to an aromatic ring is 1. The summed E-state index contributed by atoms with van der Waals surface area (Å²) in [6.07, 6.45) is 1.44. The van der Waals surface area contributed by atoms with Crippen molar-refractivity contribution in [2.45, 2.75) is 0 Å². The highest BCUT2D eigenvalue weighted by molar-refractivity contribution is 6.31. The number of benzene rings is 1. The molecule has 1 aromatic carbocycles. The number of aromatic amines is 1. The zero-order valence-corrected chi connectivity index (χ0v) is 12.3. The van der Waals surface area contributed by atoms with E-state index in [0.29, 0.717) is 11.4 Å². The quantitative estimate of drug-likeness (QED) is 0.683. The molecule has 8 heteroatoms. The summed E-state index contributed by atoms with van der Waals surface area (Å²) in [4.78, 5) is 22.1. The molecule has 0 fully saturated rings. The molecule has 0 aliphatic carbocycles. The maximum Gasteiger partial charge on any atom is 0.337 e. The van der Waals surface area contributed by atoms with Crippen LogP contribution in [0.15, 0.2) is 36.5 Å². The Morgan fingerprint density at radius 3 is 2.83 bits per heavy atom. The minimum absolute atomic E-state index is 0.0458. The van der Waals surface area contributed by atoms with Gasteiger partial charge in [-0.3, -0.25) is 0 Å². The van der Waals surface area contributed by atoms with Gasteiger partial charge in [-0.1, -0.05) is 17.7 Å². The van der Waals surface area contributed by atoms with E-state index in [1.165, 1.54) is 30.5 Å². The maximum absolute atomic E-state index is 14.2. The Kier molecular flexibility index (Phi) is 3.71. The van der Waals surface area contributed by atoms with E-state index < -0.39 is 11.8 Å². The lowest BCUT2D eigenvalue weighted by molar-refractivity contribution is 0.0698. The van der Waals surface area contributed by atoms with Crippen molar-refractivity contribution in [2.24, 2.45) is 0 Å². The third-order valence-electron chi connectivity index (χ3n) is 3.22. The van der Waals surface area contributed by atoms with Crippen molar-refractivity contribution in [1.82, 2.24) is 15.0 Å². The van der Waals surface area contributed by atoms with Crippen LogP contribution in [0.4, 0.5) is 10.3 Å². The summed E-state index contributed by atoms with van der Waals surface area (Å²) >= 11 is 5.77. The van der Waals surface area contributed by atoms with Crippen molar-refractivity contribution in [3.8, 4) is 22.6 Å². The molecular formula is C15H10ClFN4O2. The van der Waals surface area contributed by atoms with E-state index in [-0.39, 0.29) is 27.8 Å². The number of rotatable bonds is 3. The Morgan fingerprint density at radius 2 is 2.13 bits per heavy atom. The van der Waals surface area contributed by atoms with Gasteiger partial charge in [-0.2, -0.15) is 0 Å². The van der Waals surface area contributed by atoms with Crippen LogP contribution in [-0.4, -0.2) is 26.0 Å². The first kappa shape index (κ1) is 15.0. The third kappa shape index (κ3) is 2.74. The lowest BCUT2D eigenvalue weighted by atomic mass is 10.1. The smallest absolute Gasteiger partial charge is 0.337 e. The Labute approximate surface area is 134 Å². The van der Waals surface area contributed by atoms with Gasteiger partial charge >= 0.3 is 5.97 Å². The molecule has 4 N–H and O–H groups in total. The van der Waals surface area contributed by atoms with Gasteiger partial charge in [-0.05, 0) is 24.3 Å². The molecule has 116 valence electrons. The lowest BCUT2D eigenvalue weighted by Gasteiger charge is -2.04. The molecule has 0 unspecified atom stereocenters. The fourth-order valence-corrected chi connectivity index (χ4v) is 2.37. The zero-order chi connectivity index (χ0) is 16.6. The number of carboxylic acids is 1. The normalized spacial score (nSPS) is 10.7. The molecule has 0 bridgehead atoms. The number of carbonyl (C=O) groups is 1. The Bertz CT molecular complexity index is 910. The first-order valence-electron chi connectivity index (χ1n) is 6.47. The number of H-pyrrole nitrogens is 1. The maximum atomic E-state index is 14.2. The predicted octanol–water partition coefficient (Wildman–Crippen LogP) is 3.21. The van der Waals surface area contributed by atoms with Crippen LogP contribution < -0.4 is 5.73 Å². The molecule has 2 aromatic heterocycles. The number of hydrogen-bond acceptors (Lipinski definition) is 4. The standard InChI is InChI=1S/C15H10ClFN4O2/c16-9-3-1-2-7(12(9)17)13-8(14(22)23)6-11(20-13)10-4-5-19-15(18)21-10/h1-6,20H,(H,22,23)(H2,18,19,21). The molecule has 6 nitrogen and oxygen atoms in total. The van der Waals surface area contributed by atoms with E-state index in [4.69, 9.17) is 17.3 Å². The third-order valence-corrected chi connectivity index (χ3v) is 3.51. The first-order valence-corrected chi connectivity index (χ1v) is 6.84. The van der Waals surface area contributed by atoms with Crippen LogP contribution in [0.2, 0.25) is 5.02 Å². The van der Waals surface area contributed by atoms with Crippen LogP contribution >= 0.6 is 11.6 Å². The molecule has 0 spiro atoms. The number of carboxylic acid groups (broad SMARTS) is 1. The molecule has 0 saturated heterocycles. The van der Waals surface area contributed by atoms with Crippen LogP contribution in [0.25, 0.3) is 22.6 Å². The average molecular weight is 333 g/mol. The number of nitrogens with zero attached hydrogens (tertiary/aromatic N) is 2. The second-order valence-corrected chi connectivity index (χ2v) is 5.09. The fourth-order valence-electron chi connectivity index (χ4n) is 2.19. The van der Waals surface area contributed by atoms with Crippen molar-refractivity contribution in [3.63, 3.8) is 0 Å². The number of nitrogens with two attached hydrogens (primary N) is 1. The average Bonchev–Trinajstić information content (AvgIpc) is 2.95. The summed E-state index contributed by atoms with van der Waals surface area (Å²) in [5.41, 5.74) is 6.36. The van der Waals surface area contributed by atoms with E-state index >= 15 is 0 Å². The van der Waals surface area contributed by atoms with Crippen molar-refractivity contribution in [3.05, 3.63) is 52.9 Å². The largest absolute Gasteiger partial charge is 0.478 e. The van der Waals surface area contributed by atoms with Crippen molar-refractivity contribution >= 4 is 23.5 Å². The molecule has 0 radical (unpaired) electrons. The van der Waals surface area contributed by atoms with E-state index in [9.17, 15) is 14.3 Å². The molecule has 0 aliphatic rings. The van der Waals surface area contributed by atoms with Crippen LogP contribution in [0.3, 0.4) is 0 Å². The summed E-state index contributed by atoms with van der Waals surface area (Å²) in [5, 5.41) is 9.27. The summed E-state index contributed by atoms with van der Waals surface area (Å²) < 4.78 is 14.2. The number of aromatic nitrogens is 3. The minimum Gasteiger partial charge on any atom is -0.478 e. The van der Waals surface area contributed by atoms with E-state index in [1.54, 1.807) is 6.07 Å². The molecule has 0 saturated carbocycles. The molecule has 23 heavy (non-hydrogen) atoms. The van der Waals surface area contributed by atoms with Gasteiger partial charge in [0.1, 0.15) is 0 Å². The van der Waals surface area contributed by atoms with Gasteiger partial charge in [0.25, 0.3) is 0 Å². The monoisotopic (exact) mass is 332 g/mol. The predicted molar refractivity (Wildman–Crippen MR) is 83.6 cm³/mol. The Morgan fingerprint density at radius 1 is 1.35 bits per heavy atom. The highest BCUT2D eigenvalue weighted by Crippen LogP contribution is 2.32. The van der Waals surface area contributed by atoms with E-state index in [0.717, 1.165) is 0 Å². The Balaban J connectivity index is 2.21. The van der Waals surface area contributed by atoms with Crippen molar-refractivity contribution in [1.29, 1.82) is 0 Å². The number of hydrogen-bond donors (Lipinski definition) is 3. The van der Waals surface area contributed by atoms with E-state index in [2.05, 4.69) is 15.0 Å². The van der Waals surface area contributed by atoms with Gasteiger partial charge in [-0.15, -0.1) is 0 Å². The SMILES string of the molecule is Nc1nccc(-c2cc(C(=O)O)c(-c3cccc(Cl)c3F)[nH]2)n1. The van der Waals surface area contributed by atoms with Gasteiger partial charge in [-0.25, -0.2) is 19.2 Å². The first-order chi connectivity index (χ1) is 11.0. The molecule has 0 amide bonds. The van der Waals surface area contributed by atoms with Crippen molar-refractivity contribution < 1.29 is 14.3 Å². The second kappa shape index (κ2) is 5.69. The highest BCUT2D eigenvalue weighted by Gasteiger charge is 2.20. The number of halogens is 2. The highest BCUT2D eigenvalue weighted by atomic mass is 35.5. The molecule has 2 heterocycles. The van der Waals surface area contributed by atoms with Crippen LogP contribution in [0.1, 0.15) is 10.4 Å². The van der Waals surface area contributed by atoms with Gasteiger partial charge in [0.15, 0.2) is 5.82 Å². The minimum atomic E-state index is -1.20. The summed E-state index contributed by atoms with van der Waals surface area (Å²) in [6.45, 7) is 0. The topological polar surface area (TPSA) is 105 Å². The van der Waals surface area contributed by atoms with Crippen LogP contribution in [0.5, 0.6) is 0 Å². The van der Waals surface area contributed by atoms with Crippen LogP contribution in [-0.2, 0) is 0 Å². The number of anilines is 1.